The molecule has 106 valence electrons. The van der Waals surface area contributed by atoms with Crippen molar-refractivity contribution in [2.24, 2.45) is 5.92 Å². The second-order valence-corrected chi connectivity index (χ2v) is 6.82. The summed E-state index contributed by atoms with van der Waals surface area (Å²) in [7, 11) is 0. The molecule has 2 aliphatic carbocycles. The Bertz CT molecular complexity index is 211. The lowest BCUT2D eigenvalue weighted by Crippen LogP contribution is -2.29. The summed E-state index contributed by atoms with van der Waals surface area (Å²) in [5.74, 6) is 2.14. The maximum atomic E-state index is 4.25. The summed E-state index contributed by atoms with van der Waals surface area (Å²) in [6, 6.07) is 0.987. The van der Waals surface area contributed by atoms with Crippen LogP contribution in [-0.2, 0) is 0 Å². The highest BCUT2D eigenvalue weighted by atomic mass is 32.1. The van der Waals surface area contributed by atoms with Gasteiger partial charge < -0.3 is 4.90 Å². The van der Waals surface area contributed by atoms with Crippen LogP contribution in [0, 0.1) is 5.92 Å². The van der Waals surface area contributed by atoms with Crippen LogP contribution in [0.4, 0.5) is 0 Å². The second kappa shape index (κ2) is 8.47. The predicted molar refractivity (Wildman–Crippen MR) is 83.5 cm³/mol. The average molecular weight is 269 g/mol. The van der Waals surface area contributed by atoms with Crippen LogP contribution >= 0.6 is 12.6 Å². The lowest BCUT2D eigenvalue weighted by molar-refractivity contribution is 0.246. The zero-order valence-electron chi connectivity index (χ0n) is 11.9. The zero-order valence-corrected chi connectivity index (χ0v) is 12.8. The molecule has 0 spiro atoms. The van der Waals surface area contributed by atoms with E-state index in [9.17, 15) is 0 Å². The molecule has 0 heterocycles. The Morgan fingerprint density at radius 3 is 1.94 bits per heavy atom. The summed E-state index contributed by atoms with van der Waals surface area (Å²) in [5.41, 5.74) is 0. The zero-order chi connectivity index (χ0) is 12.6. The van der Waals surface area contributed by atoms with E-state index in [1.807, 2.05) is 0 Å². The van der Waals surface area contributed by atoms with Crippen molar-refractivity contribution < 1.29 is 0 Å². The van der Waals surface area contributed by atoms with Crippen LogP contribution in [0.3, 0.4) is 0 Å². The Balaban J connectivity index is 1.41. The van der Waals surface area contributed by atoms with Crippen molar-refractivity contribution in [1.82, 2.24) is 4.90 Å². The van der Waals surface area contributed by atoms with Crippen molar-refractivity contribution in [2.45, 2.75) is 76.7 Å². The molecule has 0 aromatic rings. The average Bonchev–Trinajstić information content (AvgIpc) is 3.24. The summed E-state index contributed by atoms with van der Waals surface area (Å²) in [4.78, 5) is 2.80. The molecule has 2 heteroatoms. The molecule has 0 radical (unpaired) electrons. The SMILES string of the molecule is SCCCCCCCCCN(CC1CC1)C1CC1. The monoisotopic (exact) mass is 269 g/mol. The minimum absolute atomic E-state index is 0.987. The second-order valence-electron chi connectivity index (χ2n) is 6.37. The first-order chi connectivity index (χ1) is 8.90. The van der Waals surface area contributed by atoms with Crippen LogP contribution < -0.4 is 0 Å². The van der Waals surface area contributed by atoms with Crippen molar-refractivity contribution in [3.05, 3.63) is 0 Å². The highest BCUT2D eigenvalue weighted by Crippen LogP contribution is 2.34. The van der Waals surface area contributed by atoms with E-state index in [0.29, 0.717) is 0 Å². The summed E-state index contributed by atoms with van der Waals surface area (Å²) >= 11 is 4.25. The first kappa shape index (κ1) is 14.7. The molecule has 0 amide bonds. The highest BCUT2D eigenvalue weighted by Gasteiger charge is 2.32. The fourth-order valence-electron chi connectivity index (χ4n) is 2.81. The van der Waals surface area contributed by atoms with Crippen LogP contribution in [0.5, 0.6) is 0 Å². The van der Waals surface area contributed by atoms with Gasteiger partial charge in [-0.25, -0.2) is 0 Å². The van der Waals surface area contributed by atoms with Gasteiger partial charge in [-0.3, -0.25) is 0 Å². The molecule has 0 unspecified atom stereocenters. The molecule has 1 nitrogen and oxygen atoms in total. The normalized spacial score (nSPS) is 19.7. The topological polar surface area (TPSA) is 3.24 Å². The van der Waals surface area contributed by atoms with E-state index in [1.54, 1.807) is 0 Å². The van der Waals surface area contributed by atoms with Crippen molar-refractivity contribution in [2.75, 3.05) is 18.8 Å². The molecule has 2 rings (SSSR count). The fraction of sp³-hybridized carbons (Fsp3) is 1.00. The molecule has 18 heavy (non-hydrogen) atoms. The lowest BCUT2D eigenvalue weighted by Gasteiger charge is -2.21. The standard InChI is InChI=1S/C16H31NS/c18-13-7-5-3-1-2-4-6-12-17(16-10-11-16)14-15-8-9-15/h15-16,18H,1-14H2. The summed E-state index contributed by atoms with van der Waals surface area (Å²) in [5, 5.41) is 0. The predicted octanol–water partition coefficient (Wildman–Crippen LogP) is 4.52. The van der Waals surface area contributed by atoms with Gasteiger partial charge in [-0.05, 0) is 56.7 Å². The maximum absolute atomic E-state index is 4.25. The van der Waals surface area contributed by atoms with Gasteiger partial charge in [-0.2, -0.15) is 12.6 Å². The molecule has 0 bridgehead atoms. The first-order valence-electron chi connectivity index (χ1n) is 8.25. The fourth-order valence-corrected chi connectivity index (χ4v) is 3.03. The molecule has 0 aromatic carbocycles. The number of unbranched alkanes of at least 4 members (excludes halogenated alkanes) is 6. The van der Waals surface area contributed by atoms with E-state index in [-0.39, 0.29) is 0 Å². The van der Waals surface area contributed by atoms with E-state index in [1.165, 1.54) is 83.7 Å². The van der Waals surface area contributed by atoms with Gasteiger partial charge in [0.2, 0.25) is 0 Å². The lowest BCUT2D eigenvalue weighted by atomic mass is 10.1. The Kier molecular flexibility index (Phi) is 6.93. The largest absolute Gasteiger partial charge is 0.300 e. The molecule has 2 aliphatic rings. The van der Waals surface area contributed by atoms with E-state index in [4.69, 9.17) is 0 Å². The Labute approximate surface area is 119 Å². The molecule has 2 fully saturated rings. The van der Waals surface area contributed by atoms with Gasteiger partial charge in [-0.15, -0.1) is 0 Å². The number of hydrogen-bond acceptors (Lipinski definition) is 2. The quantitative estimate of drug-likeness (QED) is 0.403. The van der Waals surface area contributed by atoms with Crippen molar-refractivity contribution in [1.29, 1.82) is 0 Å². The third kappa shape index (κ3) is 6.47. The van der Waals surface area contributed by atoms with E-state index in [0.717, 1.165) is 17.7 Å². The van der Waals surface area contributed by atoms with Gasteiger partial charge in [0, 0.05) is 12.6 Å². The van der Waals surface area contributed by atoms with Crippen molar-refractivity contribution >= 4 is 12.6 Å². The third-order valence-electron chi connectivity index (χ3n) is 4.36. The Morgan fingerprint density at radius 1 is 0.778 bits per heavy atom. The number of hydrogen-bond donors (Lipinski definition) is 1. The summed E-state index contributed by atoms with van der Waals surface area (Å²) in [6.07, 6.45) is 15.9. The molecule has 0 aliphatic heterocycles. The van der Waals surface area contributed by atoms with E-state index < -0.39 is 0 Å². The van der Waals surface area contributed by atoms with Gasteiger partial charge in [0.15, 0.2) is 0 Å². The molecular weight excluding hydrogens is 238 g/mol. The van der Waals surface area contributed by atoms with Crippen LogP contribution in [0.25, 0.3) is 0 Å². The van der Waals surface area contributed by atoms with Crippen LogP contribution in [0.15, 0.2) is 0 Å². The van der Waals surface area contributed by atoms with Gasteiger partial charge in [0.25, 0.3) is 0 Å². The molecule has 0 N–H and O–H groups in total. The molecule has 0 atom stereocenters. The van der Waals surface area contributed by atoms with Gasteiger partial charge >= 0.3 is 0 Å². The Hall–Kier alpha value is 0.310. The molecule has 0 saturated heterocycles. The number of rotatable bonds is 12. The van der Waals surface area contributed by atoms with Crippen LogP contribution in [-0.4, -0.2) is 29.8 Å². The number of nitrogens with zero attached hydrogens (tertiary/aromatic N) is 1. The molecule has 2 saturated carbocycles. The molecular formula is C16H31NS. The Morgan fingerprint density at radius 2 is 1.39 bits per heavy atom. The van der Waals surface area contributed by atoms with E-state index >= 15 is 0 Å². The first-order valence-corrected chi connectivity index (χ1v) is 8.88. The van der Waals surface area contributed by atoms with E-state index in [2.05, 4.69) is 17.5 Å². The minimum Gasteiger partial charge on any atom is -0.300 e. The van der Waals surface area contributed by atoms with Gasteiger partial charge in [0.1, 0.15) is 0 Å². The highest BCUT2D eigenvalue weighted by molar-refractivity contribution is 7.80. The van der Waals surface area contributed by atoms with Gasteiger partial charge in [-0.1, -0.05) is 32.1 Å². The minimum atomic E-state index is 0.987. The van der Waals surface area contributed by atoms with Gasteiger partial charge in [0.05, 0.1) is 0 Å². The smallest absolute Gasteiger partial charge is 0.00965 e. The maximum Gasteiger partial charge on any atom is 0.00965 e. The summed E-state index contributed by atoms with van der Waals surface area (Å²) < 4.78 is 0. The number of thiol groups is 1. The van der Waals surface area contributed by atoms with Crippen molar-refractivity contribution in [3.63, 3.8) is 0 Å². The van der Waals surface area contributed by atoms with Crippen molar-refractivity contribution in [3.8, 4) is 0 Å². The van der Waals surface area contributed by atoms with Crippen LogP contribution in [0.1, 0.15) is 70.6 Å². The molecule has 0 aromatic heterocycles. The third-order valence-corrected chi connectivity index (χ3v) is 4.67. The van der Waals surface area contributed by atoms with Crippen LogP contribution in [0.2, 0.25) is 0 Å². The summed E-state index contributed by atoms with van der Waals surface area (Å²) in [6.45, 7) is 2.81.